The van der Waals surface area contributed by atoms with Gasteiger partial charge in [0.15, 0.2) is 5.78 Å². The van der Waals surface area contributed by atoms with Gasteiger partial charge in [0, 0.05) is 36.7 Å². The number of carbonyl (C=O) groups is 1. The van der Waals surface area contributed by atoms with E-state index >= 15 is 0 Å². The van der Waals surface area contributed by atoms with E-state index in [1.807, 2.05) is 42.5 Å². The number of para-hydroxylation sites is 1. The Labute approximate surface area is 166 Å². The van der Waals surface area contributed by atoms with Crippen LogP contribution in [0, 0.1) is 11.8 Å². The minimum atomic E-state index is 0.116. The molecule has 2 aromatic rings. The number of pyridine rings is 1. The van der Waals surface area contributed by atoms with Crippen LogP contribution in [0.4, 0.5) is 5.69 Å². The lowest BCUT2D eigenvalue weighted by Gasteiger charge is -2.30. The second-order valence-corrected chi connectivity index (χ2v) is 7.63. The molecule has 3 rings (SSSR count). The summed E-state index contributed by atoms with van der Waals surface area (Å²) in [5, 5.41) is 6.69. The van der Waals surface area contributed by atoms with Crippen LogP contribution < -0.4 is 10.6 Å². The van der Waals surface area contributed by atoms with Crippen molar-refractivity contribution in [2.75, 3.05) is 5.32 Å². The van der Waals surface area contributed by atoms with E-state index in [0.29, 0.717) is 35.4 Å². The number of nitrogens with one attached hydrogen (secondary N) is 2. The number of allylic oxidation sites excluding steroid dienone is 1. The van der Waals surface area contributed by atoms with Crippen molar-refractivity contribution >= 4 is 28.7 Å². The molecule has 0 aliphatic heterocycles. The zero-order chi connectivity index (χ0) is 19.2. The molecule has 1 atom stereocenters. The number of aromatic nitrogens is 1. The molecule has 0 saturated carbocycles. The van der Waals surface area contributed by atoms with E-state index in [4.69, 9.17) is 12.2 Å². The van der Waals surface area contributed by atoms with Gasteiger partial charge in [-0.1, -0.05) is 44.3 Å². The molecule has 0 fully saturated rings. The summed E-state index contributed by atoms with van der Waals surface area (Å²) >= 11 is 5.61. The van der Waals surface area contributed by atoms with Gasteiger partial charge in [-0.2, -0.15) is 0 Å². The number of rotatable bonds is 6. The highest BCUT2D eigenvalue weighted by molar-refractivity contribution is 7.81. The molecule has 5 heteroatoms. The van der Waals surface area contributed by atoms with Crippen LogP contribution in [0.15, 0.2) is 66.1 Å². The van der Waals surface area contributed by atoms with Crippen LogP contribution in [-0.4, -0.2) is 15.8 Å². The molecule has 4 nitrogen and oxygen atoms in total. The van der Waals surface area contributed by atoms with Crippen molar-refractivity contribution in [1.82, 2.24) is 10.3 Å². The van der Waals surface area contributed by atoms with Gasteiger partial charge < -0.3 is 10.6 Å². The molecule has 1 aliphatic rings. The predicted molar refractivity (Wildman–Crippen MR) is 113 cm³/mol. The SMILES string of the molecule is CC(C)C1CC(=O)C(C(=S)Nc2ccccc2)=C(NCc2ccncc2)C1. The summed E-state index contributed by atoms with van der Waals surface area (Å²) < 4.78 is 0. The number of nitrogens with zero attached hydrogens (tertiary/aromatic N) is 1. The molecule has 1 unspecified atom stereocenters. The zero-order valence-corrected chi connectivity index (χ0v) is 16.6. The summed E-state index contributed by atoms with van der Waals surface area (Å²) in [6.45, 7) is 4.99. The Bertz CT molecular complexity index is 831. The normalized spacial score (nSPS) is 17.1. The smallest absolute Gasteiger partial charge is 0.167 e. The van der Waals surface area contributed by atoms with Gasteiger partial charge in [0.05, 0.1) is 5.57 Å². The van der Waals surface area contributed by atoms with Crippen molar-refractivity contribution in [3.63, 3.8) is 0 Å². The lowest BCUT2D eigenvalue weighted by atomic mass is 9.79. The first-order chi connectivity index (χ1) is 13.0. The third-order valence-electron chi connectivity index (χ3n) is 4.95. The first kappa shape index (κ1) is 19.2. The quantitative estimate of drug-likeness (QED) is 0.724. The van der Waals surface area contributed by atoms with Gasteiger partial charge in [-0.25, -0.2) is 0 Å². The molecule has 0 radical (unpaired) electrons. The second-order valence-electron chi connectivity index (χ2n) is 7.22. The average Bonchev–Trinajstić information content (AvgIpc) is 2.67. The Morgan fingerprint density at radius 2 is 1.85 bits per heavy atom. The molecule has 0 spiro atoms. The summed E-state index contributed by atoms with van der Waals surface area (Å²) in [5.41, 5.74) is 3.58. The Kier molecular flexibility index (Phi) is 6.35. The highest BCUT2D eigenvalue weighted by atomic mass is 32.1. The standard InChI is InChI=1S/C22H25N3OS/c1-15(2)17-12-19(24-14-16-8-10-23-11-9-16)21(20(26)13-17)22(27)25-18-6-4-3-5-7-18/h3-11,15,17,24H,12-14H2,1-2H3,(H,25,27). The van der Waals surface area contributed by atoms with Crippen LogP contribution in [0.25, 0.3) is 0 Å². The topological polar surface area (TPSA) is 54.0 Å². The van der Waals surface area contributed by atoms with Crippen molar-refractivity contribution in [3.8, 4) is 0 Å². The van der Waals surface area contributed by atoms with Crippen LogP contribution in [0.5, 0.6) is 0 Å². The van der Waals surface area contributed by atoms with Crippen LogP contribution in [0.1, 0.15) is 32.3 Å². The third kappa shape index (κ3) is 5.01. The van der Waals surface area contributed by atoms with Gasteiger partial charge in [0.25, 0.3) is 0 Å². The maximum Gasteiger partial charge on any atom is 0.167 e. The van der Waals surface area contributed by atoms with Gasteiger partial charge in [0.2, 0.25) is 0 Å². The van der Waals surface area contributed by atoms with Crippen molar-refractivity contribution in [3.05, 3.63) is 71.7 Å². The number of hydrogen-bond acceptors (Lipinski definition) is 4. The van der Waals surface area contributed by atoms with Crippen LogP contribution >= 0.6 is 12.2 Å². The molecule has 27 heavy (non-hydrogen) atoms. The van der Waals surface area contributed by atoms with Crippen molar-refractivity contribution < 1.29 is 4.79 Å². The Morgan fingerprint density at radius 1 is 1.15 bits per heavy atom. The molecular formula is C22H25N3OS. The van der Waals surface area contributed by atoms with Crippen LogP contribution in [0.3, 0.4) is 0 Å². The molecule has 0 amide bonds. The second kappa shape index (κ2) is 8.91. The third-order valence-corrected chi connectivity index (χ3v) is 5.26. The highest BCUT2D eigenvalue weighted by Gasteiger charge is 2.31. The molecule has 1 aliphatic carbocycles. The number of benzene rings is 1. The minimum absolute atomic E-state index is 0.116. The van der Waals surface area contributed by atoms with Gasteiger partial charge in [-0.05, 0) is 48.1 Å². The molecule has 1 heterocycles. The largest absolute Gasteiger partial charge is 0.384 e. The van der Waals surface area contributed by atoms with Gasteiger partial charge >= 0.3 is 0 Å². The first-order valence-electron chi connectivity index (χ1n) is 9.30. The number of anilines is 1. The fraction of sp³-hybridized carbons (Fsp3) is 0.318. The summed E-state index contributed by atoms with van der Waals surface area (Å²) in [6, 6.07) is 13.7. The lowest BCUT2D eigenvalue weighted by Crippen LogP contribution is -2.33. The monoisotopic (exact) mass is 379 g/mol. The fourth-order valence-corrected chi connectivity index (χ4v) is 3.62. The average molecular weight is 380 g/mol. The minimum Gasteiger partial charge on any atom is -0.384 e. The van der Waals surface area contributed by atoms with Crippen molar-refractivity contribution in [1.29, 1.82) is 0 Å². The molecule has 140 valence electrons. The number of thiocarbonyl (C=S) groups is 1. The van der Waals surface area contributed by atoms with E-state index in [2.05, 4.69) is 29.5 Å². The van der Waals surface area contributed by atoms with Crippen LogP contribution in [-0.2, 0) is 11.3 Å². The fourth-order valence-electron chi connectivity index (χ4n) is 3.27. The first-order valence-corrected chi connectivity index (χ1v) is 9.71. The Hall–Kier alpha value is -2.53. The molecular weight excluding hydrogens is 354 g/mol. The van der Waals surface area contributed by atoms with E-state index in [1.54, 1.807) is 12.4 Å². The van der Waals surface area contributed by atoms with E-state index in [9.17, 15) is 4.79 Å². The summed E-state index contributed by atoms with van der Waals surface area (Å²) in [7, 11) is 0. The Morgan fingerprint density at radius 3 is 2.52 bits per heavy atom. The van der Waals surface area contributed by atoms with Crippen molar-refractivity contribution in [2.45, 2.75) is 33.2 Å². The van der Waals surface area contributed by atoms with Crippen molar-refractivity contribution in [2.24, 2.45) is 11.8 Å². The highest BCUT2D eigenvalue weighted by Crippen LogP contribution is 2.32. The maximum atomic E-state index is 12.9. The Balaban J connectivity index is 1.85. The maximum absolute atomic E-state index is 12.9. The van der Waals surface area contributed by atoms with E-state index < -0.39 is 0 Å². The van der Waals surface area contributed by atoms with Gasteiger partial charge in [0.1, 0.15) is 4.99 Å². The number of carbonyl (C=O) groups excluding carboxylic acids is 1. The summed E-state index contributed by atoms with van der Waals surface area (Å²) in [4.78, 5) is 17.5. The molecule has 1 aromatic heterocycles. The number of Topliss-reactive ketones (excluding diaryl/α,β-unsaturated/α-hetero) is 1. The van der Waals surface area contributed by atoms with E-state index in [1.165, 1.54) is 0 Å². The molecule has 0 saturated heterocycles. The number of ketones is 1. The molecule has 0 bridgehead atoms. The van der Waals surface area contributed by atoms with Crippen LogP contribution in [0.2, 0.25) is 0 Å². The van der Waals surface area contributed by atoms with E-state index in [0.717, 1.165) is 23.4 Å². The predicted octanol–water partition coefficient (Wildman–Crippen LogP) is 4.50. The van der Waals surface area contributed by atoms with Gasteiger partial charge in [-0.15, -0.1) is 0 Å². The lowest BCUT2D eigenvalue weighted by molar-refractivity contribution is -0.116. The zero-order valence-electron chi connectivity index (χ0n) is 15.7. The summed E-state index contributed by atoms with van der Waals surface area (Å²) in [5.74, 6) is 0.898. The summed E-state index contributed by atoms with van der Waals surface area (Å²) in [6.07, 6.45) is 4.93. The van der Waals surface area contributed by atoms with E-state index in [-0.39, 0.29) is 5.78 Å². The molecule has 1 aromatic carbocycles. The molecule has 2 N–H and O–H groups in total. The van der Waals surface area contributed by atoms with Gasteiger partial charge in [-0.3, -0.25) is 9.78 Å². The number of hydrogen-bond donors (Lipinski definition) is 2.